The van der Waals surface area contributed by atoms with E-state index in [-0.39, 0.29) is 16.4 Å². The standard InChI is InChI=1S/C16H24N2O3Si/c1-12(2)22(13(3)4,15(18-17)16(19)20-5)21-11-14-9-7-6-8-10-14/h6-10,12-13H,11H2,1-5H3. The summed E-state index contributed by atoms with van der Waals surface area (Å²) in [5.74, 6) is -0.621. The Labute approximate surface area is 133 Å². The maximum Gasteiger partial charge on any atom is 0.413 e. The van der Waals surface area contributed by atoms with Gasteiger partial charge in [0.25, 0.3) is 0 Å². The number of benzene rings is 1. The summed E-state index contributed by atoms with van der Waals surface area (Å²) in [5.41, 5.74) is 10.5. The molecule has 0 amide bonds. The molecular weight excluding hydrogens is 296 g/mol. The summed E-state index contributed by atoms with van der Waals surface area (Å²) >= 11 is 0. The lowest BCUT2D eigenvalue weighted by Crippen LogP contribution is -2.56. The molecule has 0 unspecified atom stereocenters. The number of hydrogen-bond acceptors (Lipinski definition) is 3. The molecule has 0 fully saturated rings. The predicted octanol–water partition coefficient (Wildman–Crippen LogP) is 3.35. The Morgan fingerprint density at radius 1 is 1.18 bits per heavy atom. The minimum absolute atomic E-state index is 0.0379. The van der Waals surface area contributed by atoms with E-state index in [9.17, 15) is 10.3 Å². The van der Waals surface area contributed by atoms with E-state index in [1.807, 2.05) is 58.0 Å². The van der Waals surface area contributed by atoms with Gasteiger partial charge in [-0.3, -0.25) is 0 Å². The van der Waals surface area contributed by atoms with Crippen molar-refractivity contribution in [2.75, 3.05) is 7.11 Å². The summed E-state index contributed by atoms with van der Waals surface area (Å²) in [6, 6.07) is 9.75. The second kappa shape index (κ2) is 8.03. The van der Waals surface area contributed by atoms with Gasteiger partial charge >= 0.3 is 19.6 Å². The third kappa shape index (κ3) is 3.71. The first kappa shape index (κ1) is 18.3. The highest BCUT2D eigenvalue weighted by molar-refractivity contribution is 7.11. The summed E-state index contributed by atoms with van der Waals surface area (Å²) < 4.78 is 11.0. The van der Waals surface area contributed by atoms with Gasteiger partial charge in [0.05, 0.1) is 13.7 Å². The molecule has 0 saturated carbocycles. The normalized spacial score (nSPS) is 11.4. The fourth-order valence-corrected chi connectivity index (χ4v) is 6.98. The van der Waals surface area contributed by atoms with Crippen LogP contribution in [0.5, 0.6) is 0 Å². The number of hydrogen-bond donors (Lipinski definition) is 0. The van der Waals surface area contributed by atoms with Gasteiger partial charge in [0, 0.05) is 0 Å². The Morgan fingerprint density at radius 3 is 2.14 bits per heavy atom. The number of carbonyl (C=O) groups is 1. The van der Waals surface area contributed by atoms with Gasteiger partial charge in [0.2, 0.25) is 0 Å². The molecule has 6 heteroatoms. The number of rotatable bonds is 7. The van der Waals surface area contributed by atoms with Crippen molar-refractivity contribution in [1.29, 1.82) is 0 Å². The van der Waals surface area contributed by atoms with Gasteiger partial charge in [-0.15, -0.1) is 0 Å². The van der Waals surface area contributed by atoms with E-state index in [0.717, 1.165) is 5.56 Å². The fourth-order valence-electron chi connectivity index (χ4n) is 2.77. The Kier molecular flexibility index (Phi) is 6.68. The molecule has 0 aliphatic heterocycles. The number of esters is 1. The van der Waals surface area contributed by atoms with Gasteiger partial charge in [-0.05, 0) is 16.6 Å². The summed E-state index contributed by atoms with van der Waals surface area (Å²) in [7, 11) is -1.54. The van der Waals surface area contributed by atoms with E-state index in [0.29, 0.717) is 6.61 Å². The Morgan fingerprint density at radius 2 is 1.73 bits per heavy atom. The third-order valence-corrected chi connectivity index (χ3v) is 8.98. The molecule has 0 aliphatic carbocycles. The number of carbonyl (C=O) groups excluding carboxylic acids is 1. The van der Waals surface area contributed by atoms with Crippen LogP contribution < -0.4 is 0 Å². The maximum atomic E-state index is 12.1. The van der Waals surface area contributed by atoms with Crippen LogP contribution in [0.25, 0.3) is 5.53 Å². The largest absolute Gasteiger partial charge is 0.461 e. The van der Waals surface area contributed by atoms with Crippen molar-refractivity contribution < 1.29 is 18.7 Å². The second-order valence-electron chi connectivity index (χ2n) is 5.82. The molecule has 0 radical (unpaired) electrons. The smallest absolute Gasteiger partial charge is 0.413 e. The van der Waals surface area contributed by atoms with Crippen LogP contribution in [-0.4, -0.2) is 31.5 Å². The quantitative estimate of drug-likeness (QED) is 0.254. The van der Waals surface area contributed by atoms with E-state index >= 15 is 0 Å². The SMILES string of the molecule is COC(=O)C(=[N+]=[N-])[Si](OCc1ccccc1)(C(C)C)C(C)C. The number of ether oxygens (including phenoxy) is 1. The van der Waals surface area contributed by atoms with Crippen LogP contribution >= 0.6 is 0 Å². The highest BCUT2D eigenvalue weighted by Crippen LogP contribution is 2.35. The van der Waals surface area contributed by atoms with Gasteiger partial charge in [-0.1, -0.05) is 58.0 Å². The lowest BCUT2D eigenvalue weighted by atomic mass is 10.2. The van der Waals surface area contributed by atoms with Crippen molar-refractivity contribution in [2.24, 2.45) is 0 Å². The maximum absolute atomic E-state index is 12.1. The van der Waals surface area contributed by atoms with Crippen LogP contribution in [0.1, 0.15) is 33.3 Å². The van der Waals surface area contributed by atoms with Gasteiger partial charge in [-0.25, -0.2) is 4.79 Å². The molecule has 0 aliphatic rings. The van der Waals surface area contributed by atoms with Crippen molar-refractivity contribution in [3.63, 3.8) is 0 Å². The molecule has 1 aromatic carbocycles. The monoisotopic (exact) mass is 320 g/mol. The van der Waals surface area contributed by atoms with Crippen LogP contribution in [0.4, 0.5) is 0 Å². The lowest BCUT2D eigenvalue weighted by molar-refractivity contribution is -0.137. The van der Waals surface area contributed by atoms with Crippen molar-refractivity contribution in [2.45, 2.75) is 45.4 Å². The van der Waals surface area contributed by atoms with Crippen LogP contribution in [0, 0.1) is 0 Å². The summed E-state index contributed by atoms with van der Waals surface area (Å²) in [5, 5.41) is 0.0379. The zero-order valence-corrected chi connectivity index (χ0v) is 14.9. The molecule has 0 atom stereocenters. The Bertz CT molecular complexity index is 544. The zero-order chi connectivity index (χ0) is 16.8. The fraction of sp³-hybridized carbons (Fsp3) is 0.500. The average molecular weight is 320 g/mol. The number of methoxy groups -OCH3 is 1. The number of nitrogens with zero attached hydrogens (tertiary/aromatic N) is 2. The molecule has 120 valence electrons. The van der Waals surface area contributed by atoms with Gasteiger partial charge in [0.15, 0.2) is 0 Å². The molecule has 5 nitrogen and oxygen atoms in total. The van der Waals surface area contributed by atoms with Crippen LogP contribution in [0.3, 0.4) is 0 Å². The summed E-state index contributed by atoms with van der Waals surface area (Å²) in [6.07, 6.45) is 0. The average Bonchev–Trinajstić information content (AvgIpc) is 2.51. The Balaban J connectivity index is 3.22. The van der Waals surface area contributed by atoms with Crippen LogP contribution in [-0.2, 0) is 20.6 Å². The van der Waals surface area contributed by atoms with Crippen molar-refractivity contribution in [1.82, 2.24) is 0 Å². The third-order valence-electron chi connectivity index (χ3n) is 3.88. The minimum Gasteiger partial charge on any atom is -0.461 e. The van der Waals surface area contributed by atoms with E-state index in [2.05, 4.69) is 4.79 Å². The van der Waals surface area contributed by atoms with Gasteiger partial charge in [-0.2, -0.15) is 4.79 Å². The van der Waals surface area contributed by atoms with E-state index in [4.69, 9.17) is 9.16 Å². The molecule has 0 bridgehead atoms. The first-order valence-electron chi connectivity index (χ1n) is 7.38. The predicted molar refractivity (Wildman–Crippen MR) is 87.8 cm³/mol. The minimum atomic E-state index is -2.82. The van der Waals surface area contributed by atoms with Crippen LogP contribution in [0.15, 0.2) is 30.3 Å². The van der Waals surface area contributed by atoms with E-state index in [1.165, 1.54) is 7.11 Å². The molecule has 0 N–H and O–H groups in total. The molecule has 0 saturated heterocycles. The molecule has 0 aromatic heterocycles. The molecule has 1 rings (SSSR count). The molecule has 1 aromatic rings. The summed E-state index contributed by atoms with van der Waals surface area (Å²) in [6.45, 7) is 8.34. The Hall–Kier alpha value is -1.75. The van der Waals surface area contributed by atoms with Crippen molar-refractivity contribution >= 4 is 19.6 Å². The van der Waals surface area contributed by atoms with Crippen molar-refractivity contribution in [3.8, 4) is 0 Å². The lowest BCUT2D eigenvalue weighted by Gasteiger charge is -2.33. The first-order valence-corrected chi connectivity index (χ1v) is 9.45. The highest BCUT2D eigenvalue weighted by atomic mass is 28.4. The second-order valence-corrected chi connectivity index (χ2v) is 10.5. The zero-order valence-electron chi connectivity index (χ0n) is 13.9. The highest BCUT2D eigenvalue weighted by Gasteiger charge is 2.58. The summed E-state index contributed by atoms with van der Waals surface area (Å²) in [4.78, 5) is 15.3. The molecular formula is C16H24N2O3Si. The molecule has 22 heavy (non-hydrogen) atoms. The van der Waals surface area contributed by atoms with Crippen LogP contribution in [0.2, 0.25) is 11.1 Å². The van der Waals surface area contributed by atoms with E-state index in [1.54, 1.807) is 0 Å². The van der Waals surface area contributed by atoms with Gasteiger partial charge < -0.3 is 14.7 Å². The topological polar surface area (TPSA) is 71.9 Å². The van der Waals surface area contributed by atoms with Crippen molar-refractivity contribution in [3.05, 3.63) is 41.4 Å². The molecule has 0 heterocycles. The molecule has 0 spiro atoms. The first-order chi connectivity index (χ1) is 10.4. The van der Waals surface area contributed by atoms with Gasteiger partial charge in [0.1, 0.15) is 0 Å². The van der Waals surface area contributed by atoms with E-state index < -0.39 is 14.3 Å².